The molecule has 0 spiro atoms. The summed E-state index contributed by atoms with van der Waals surface area (Å²) in [5.74, 6) is -0.552. The number of carbonyl (C=O) groups is 3. The van der Waals surface area contributed by atoms with Gasteiger partial charge in [-0.15, -0.1) is 11.8 Å². The molecular weight excluding hydrogens is 650 g/mol. The Morgan fingerprint density at radius 2 is 1.65 bits per heavy atom. The zero-order valence-corrected chi connectivity index (χ0v) is 26.6. The van der Waals surface area contributed by atoms with Crippen molar-refractivity contribution in [1.82, 2.24) is 5.32 Å². The summed E-state index contributed by atoms with van der Waals surface area (Å²) < 4.78 is 6.01. The van der Waals surface area contributed by atoms with Gasteiger partial charge in [0, 0.05) is 26.3 Å². The van der Waals surface area contributed by atoms with Crippen molar-refractivity contribution in [3.8, 4) is 5.75 Å². The van der Waals surface area contributed by atoms with Gasteiger partial charge in [0.05, 0.1) is 17.4 Å². The van der Waals surface area contributed by atoms with Gasteiger partial charge in [0.25, 0.3) is 11.8 Å². The summed E-state index contributed by atoms with van der Waals surface area (Å²) >= 11 is 11.0. The Morgan fingerprint density at radius 3 is 2.35 bits per heavy atom. The molecule has 1 unspecified atom stereocenters. The van der Waals surface area contributed by atoms with Crippen molar-refractivity contribution in [2.45, 2.75) is 23.5 Å². The molecule has 0 saturated carbocycles. The first kappa shape index (κ1) is 31.9. The zero-order chi connectivity index (χ0) is 30.8. The number of methoxy groups -OCH3 is 1. The van der Waals surface area contributed by atoms with Gasteiger partial charge in [-0.2, -0.15) is 0 Å². The van der Waals surface area contributed by atoms with Crippen LogP contribution in [0.4, 0.5) is 11.4 Å². The average molecular weight is 679 g/mol. The average Bonchev–Trinajstić information content (AvgIpc) is 3.00. The number of halogens is 2. The van der Waals surface area contributed by atoms with E-state index in [0.717, 1.165) is 14.9 Å². The van der Waals surface area contributed by atoms with Crippen molar-refractivity contribution in [1.29, 1.82) is 0 Å². The predicted molar refractivity (Wildman–Crippen MR) is 178 cm³/mol. The van der Waals surface area contributed by atoms with E-state index in [9.17, 15) is 14.4 Å². The first-order valence-electron chi connectivity index (χ1n) is 13.3. The maximum absolute atomic E-state index is 13.4. The Bertz CT molecular complexity index is 1650. The predicted octanol–water partition coefficient (Wildman–Crippen LogP) is 8.03. The highest BCUT2D eigenvalue weighted by Gasteiger charge is 2.20. The largest absolute Gasteiger partial charge is 0.495 e. The lowest BCUT2D eigenvalue weighted by Gasteiger charge is -2.16. The maximum atomic E-state index is 13.4. The minimum atomic E-state index is -0.493. The second-order valence-electron chi connectivity index (χ2n) is 9.27. The summed E-state index contributed by atoms with van der Waals surface area (Å²) in [6.07, 6.45) is 2.18. The van der Waals surface area contributed by atoms with Gasteiger partial charge in [-0.25, -0.2) is 0 Å². The van der Waals surface area contributed by atoms with Gasteiger partial charge in [-0.1, -0.05) is 70.9 Å². The van der Waals surface area contributed by atoms with Crippen LogP contribution in [-0.4, -0.2) is 30.1 Å². The Balaban J connectivity index is 1.49. The SMILES string of the molecule is CCC(Sc1cccc(NC(=O)/C(=C\c2cccc(Br)c2)NC(=O)c2ccccc2)c1)C(=O)Nc1ccc(OC)c(Cl)c1. The van der Waals surface area contributed by atoms with E-state index >= 15 is 0 Å². The first-order valence-corrected chi connectivity index (χ1v) is 15.4. The number of hydrogen-bond donors (Lipinski definition) is 3. The lowest BCUT2D eigenvalue weighted by atomic mass is 10.1. The summed E-state index contributed by atoms with van der Waals surface area (Å²) in [6, 6.07) is 28.3. The fraction of sp³-hybridized carbons (Fsp3) is 0.121. The van der Waals surface area contributed by atoms with Crippen LogP contribution in [0, 0.1) is 0 Å². The van der Waals surface area contributed by atoms with E-state index < -0.39 is 17.1 Å². The minimum Gasteiger partial charge on any atom is -0.495 e. The normalized spacial score (nSPS) is 11.8. The van der Waals surface area contributed by atoms with Crippen molar-refractivity contribution >= 4 is 74.5 Å². The van der Waals surface area contributed by atoms with Crippen LogP contribution in [0.5, 0.6) is 5.75 Å². The molecule has 3 amide bonds. The van der Waals surface area contributed by atoms with Crippen molar-refractivity contribution in [2.75, 3.05) is 17.7 Å². The van der Waals surface area contributed by atoms with Gasteiger partial charge in [-0.05, 0) is 78.7 Å². The summed E-state index contributed by atoms with van der Waals surface area (Å²) in [4.78, 5) is 40.2. The molecule has 0 aliphatic rings. The van der Waals surface area contributed by atoms with E-state index in [1.807, 2.05) is 43.3 Å². The molecule has 0 aromatic heterocycles. The van der Waals surface area contributed by atoms with Crippen LogP contribution in [0.1, 0.15) is 29.3 Å². The quantitative estimate of drug-likeness (QED) is 0.110. The summed E-state index contributed by atoms with van der Waals surface area (Å²) in [7, 11) is 1.53. The number of ether oxygens (including phenoxy) is 1. The third-order valence-electron chi connectivity index (χ3n) is 6.14. The van der Waals surface area contributed by atoms with E-state index in [1.54, 1.807) is 66.7 Å². The Kier molecular flexibility index (Phi) is 11.4. The standard InChI is InChI=1S/C33H29BrClN3O4S/c1-3-30(33(41)37-25-15-16-29(42-2)27(35)20-25)43-26-14-8-13-24(19-26)36-32(40)28(18-21-9-7-12-23(34)17-21)38-31(39)22-10-5-4-6-11-22/h4-20,30H,3H2,1-2H3,(H,36,40)(H,37,41)(H,38,39)/b28-18+. The molecule has 0 aliphatic carbocycles. The topological polar surface area (TPSA) is 96.5 Å². The molecule has 4 aromatic rings. The van der Waals surface area contributed by atoms with Gasteiger partial charge in [0.15, 0.2) is 0 Å². The van der Waals surface area contributed by atoms with Crippen LogP contribution in [0.25, 0.3) is 6.08 Å². The fourth-order valence-electron chi connectivity index (χ4n) is 4.00. The molecule has 0 bridgehead atoms. The molecule has 0 saturated heterocycles. The van der Waals surface area contributed by atoms with E-state index in [4.69, 9.17) is 16.3 Å². The molecule has 0 fully saturated rings. The first-order chi connectivity index (χ1) is 20.7. The minimum absolute atomic E-state index is 0.0778. The Labute approximate surface area is 268 Å². The molecule has 4 aromatic carbocycles. The molecule has 0 radical (unpaired) electrons. The highest BCUT2D eigenvalue weighted by molar-refractivity contribution is 9.10. The number of hydrogen-bond acceptors (Lipinski definition) is 5. The number of amides is 3. The molecule has 220 valence electrons. The molecule has 0 heterocycles. The second kappa shape index (κ2) is 15.4. The van der Waals surface area contributed by atoms with Crippen LogP contribution in [0.3, 0.4) is 0 Å². The van der Waals surface area contributed by atoms with Gasteiger partial charge in [0.2, 0.25) is 5.91 Å². The number of rotatable bonds is 11. The number of anilines is 2. The molecule has 0 aliphatic heterocycles. The van der Waals surface area contributed by atoms with E-state index in [1.165, 1.54) is 18.9 Å². The molecule has 10 heteroatoms. The van der Waals surface area contributed by atoms with Crippen LogP contribution in [0.15, 0.2) is 112 Å². The Hall–Kier alpha value is -4.05. The van der Waals surface area contributed by atoms with Gasteiger partial charge >= 0.3 is 0 Å². The van der Waals surface area contributed by atoms with Crippen LogP contribution < -0.4 is 20.7 Å². The monoisotopic (exact) mass is 677 g/mol. The Morgan fingerprint density at radius 1 is 0.907 bits per heavy atom. The highest BCUT2D eigenvalue weighted by atomic mass is 79.9. The van der Waals surface area contributed by atoms with Gasteiger partial charge in [0.1, 0.15) is 11.4 Å². The van der Waals surface area contributed by atoms with E-state index in [2.05, 4.69) is 31.9 Å². The summed E-state index contributed by atoms with van der Waals surface area (Å²) in [6.45, 7) is 1.93. The second-order valence-corrected chi connectivity index (χ2v) is 11.9. The zero-order valence-electron chi connectivity index (χ0n) is 23.4. The molecule has 3 N–H and O–H groups in total. The van der Waals surface area contributed by atoms with Crippen molar-refractivity contribution < 1.29 is 19.1 Å². The fourth-order valence-corrected chi connectivity index (χ4v) is 5.69. The van der Waals surface area contributed by atoms with Crippen LogP contribution in [0.2, 0.25) is 5.02 Å². The third-order valence-corrected chi connectivity index (χ3v) is 8.29. The van der Waals surface area contributed by atoms with Gasteiger partial charge in [-0.3, -0.25) is 14.4 Å². The smallest absolute Gasteiger partial charge is 0.272 e. The van der Waals surface area contributed by atoms with Gasteiger partial charge < -0.3 is 20.7 Å². The highest BCUT2D eigenvalue weighted by Crippen LogP contribution is 2.31. The maximum Gasteiger partial charge on any atom is 0.272 e. The van der Waals surface area contributed by atoms with Crippen LogP contribution in [-0.2, 0) is 9.59 Å². The molecule has 43 heavy (non-hydrogen) atoms. The molecule has 7 nitrogen and oxygen atoms in total. The lowest BCUT2D eigenvalue weighted by Crippen LogP contribution is -2.30. The van der Waals surface area contributed by atoms with E-state index in [-0.39, 0.29) is 11.6 Å². The molecule has 4 rings (SSSR count). The molecular formula is C33H29BrClN3O4S. The number of thioether (sulfide) groups is 1. The summed E-state index contributed by atoms with van der Waals surface area (Å²) in [5.41, 5.74) is 2.32. The number of carbonyl (C=O) groups excluding carboxylic acids is 3. The van der Waals surface area contributed by atoms with Crippen molar-refractivity contribution in [3.63, 3.8) is 0 Å². The lowest BCUT2D eigenvalue weighted by molar-refractivity contribution is -0.116. The van der Waals surface area contributed by atoms with E-state index in [0.29, 0.717) is 34.1 Å². The van der Waals surface area contributed by atoms with Crippen LogP contribution >= 0.6 is 39.3 Å². The number of benzene rings is 4. The van der Waals surface area contributed by atoms with Crippen molar-refractivity contribution in [2.24, 2.45) is 0 Å². The number of nitrogens with one attached hydrogen (secondary N) is 3. The third kappa shape index (κ3) is 9.22. The molecule has 1 atom stereocenters. The summed E-state index contributed by atoms with van der Waals surface area (Å²) in [5, 5.41) is 8.53. The van der Waals surface area contributed by atoms with Crippen molar-refractivity contribution in [3.05, 3.63) is 123 Å².